The third-order valence-electron chi connectivity index (χ3n) is 2.66. The fourth-order valence-electron chi connectivity index (χ4n) is 1.88. The highest BCUT2D eigenvalue weighted by molar-refractivity contribution is 7.16. The van der Waals surface area contributed by atoms with Crippen molar-refractivity contribution in [1.82, 2.24) is 4.98 Å². The number of benzene rings is 1. The lowest BCUT2D eigenvalue weighted by Crippen LogP contribution is -2.05. The van der Waals surface area contributed by atoms with Crippen molar-refractivity contribution in [1.29, 1.82) is 0 Å². The largest absolute Gasteiger partial charge is 0.299 e. The second-order valence-electron chi connectivity index (χ2n) is 3.99. The van der Waals surface area contributed by atoms with E-state index in [1.807, 2.05) is 6.92 Å². The number of Topliss-reactive ketones (excluding diaryl/α,β-unsaturated/α-hetero) is 1. The number of rotatable bonds is 5. The summed E-state index contributed by atoms with van der Waals surface area (Å²) in [5.74, 6) is 0.0233. The molecule has 0 fully saturated rings. The number of thiazole rings is 1. The van der Waals surface area contributed by atoms with Gasteiger partial charge in [0, 0.05) is 18.4 Å². The van der Waals surface area contributed by atoms with Crippen molar-refractivity contribution in [3.8, 4) is 0 Å². The quantitative estimate of drug-likeness (QED) is 0.614. The number of hydrogen-bond donors (Lipinski definition) is 0. The number of nitro groups is 1. The fourth-order valence-corrected chi connectivity index (χ4v) is 2.56. The third-order valence-corrected chi connectivity index (χ3v) is 3.45. The zero-order chi connectivity index (χ0) is 13.1. The van der Waals surface area contributed by atoms with Crippen LogP contribution in [0, 0.1) is 10.1 Å². The lowest BCUT2D eigenvalue weighted by Gasteiger charge is -2.02. The number of carbonyl (C=O) groups is 1. The predicted molar refractivity (Wildman–Crippen MR) is 69.9 cm³/mol. The van der Waals surface area contributed by atoms with Gasteiger partial charge in [-0.2, -0.15) is 0 Å². The molecule has 0 atom stereocenters. The number of aromatic nitrogens is 1. The van der Waals surface area contributed by atoms with Gasteiger partial charge in [0.2, 0.25) is 0 Å². The molecule has 2 rings (SSSR count). The Morgan fingerprint density at radius 1 is 1.50 bits per heavy atom. The Kier molecular flexibility index (Phi) is 3.66. The highest BCUT2D eigenvalue weighted by Gasteiger charge is 2.21. The van der Waals surface area contributed by atoms with E-state index in [9.17, 15) is 14.9 Å². The Hall–Kier alpha value is -1.82. The van der Waals surface area contributed by atoms with Crippen molar-refractivity contribution in [2.75, 3.05) is 0 Å². The van der Waals surface area contributed by atoms with Crippen molar-refractivity contribution in [2.24, 2.45) is 0 Å². The van der Waals surface area contributed by atoms with Gasteiger partial charge in [0.05, 0.1) is 15.1 Å². The Morgan fingerprint density at radius 2 is 2.28 bits per heavy atom. The molecular formula is C12H12N2O3S. The summed E-state index contributed by atoms with van der Waals surface area (Å²) in [6.07, 6.45) is 1.31. The molecule has 0 N–H and O–H groups in total. The SMILES string of the molecule is CCCC(=O)Cc1ccc2scnc2c1[N+](=O)[O-]. The predicted octanol–water partition coefficient (Wildman–Crippen LogP) is 3.12. The van der Waals surface area contributed by atoms with Gasteiger partial charge in [-0.15, -0.1) is 11.3 Å². The summed E-state index contributed by atoms with van der Waals surface area (Å²) >= 11 is 1.36. The molecule has 18 heavy (non-hydrogen) atoms. The maximum Gasteiger partial charge on any atom is 0.299 e. The first-order valence-electron chi connectivity index (χ1n) is 5.64. The van der Waals surface area contributed by atoms with Gasteiger partial charge in [0.25, 0.3) is 5.69 Å². The number of fused-ring (bicyclic) bond motifs is 1. The highest BCUT2D eigenvalue weighted by Crippen LogP contribution is 2.31. The van der Waals surface area contributed by atoms with Crippen molar-refractivity contribution in [3.05, 3.63) is 33.3 Å². The molecule has 0 saturated heterocycles. The number of nitro benzene ring substituents is 1. The molecule has 5 nitrogen and oxygen atoms in total. The molecule has 0 amide bonds. The lowest BCUT2D eigenvalue weighted by atomic mass is 10.0. The number of nitrogens with zero attached hydrogens (tertiary/aromatic N) is 2. The first kappa shape index (κ1) is 12.6. The molecule has 0 aliphatic heterocycles. The van der Waals surface area contributed by atoms with E-state index in [1.165, 1.54) is 11.3 Å². The highest BCUT2D eigenvalue weighted by atomic mass is 32.1. The fraction of sp³-hybridized carbons (Fsp3) is 0.333. The first-order valence-corrected chi connectivity index (χ1v) is 6.52. The van der Waals surface area contributed by atoms with Crippen LogP contribution in [-0.4, -0.2) is 15.7 Å². The molecular weight excluding hydrogens is 252 g/mol. The molecule has 1 aromatic heterocycles. The average Bonchev–Trinajstić information content (AvgIpc) is 2.76. The van der Waals surface area contributed by atoms with Crippen molar-refractivity contribution < 1.29 is 9.72 Å². The third kappa shape index (κ3) is 2.38. The zero-order valence-corrected chi connectivity index (χ0v) is 10.7. The Labute approximate surface area is 108 Å². The monoisotopic (exact) mass is 264 g/mol. The van der Waals surface area contributed by atoms with E-state index in [0.29, 0.717) is 17.5 Å². The van der Waals surface area contributed by atoms with Crippen LogP contribution in [0.15, 0.2) is 17.6 Å². The summed E-state index contributed by atoms with van der Waals surface area (Å²) in [4.78, 5) is 26.3. The van der Waals surface area contributed by atoms with Crippen LogP contribution in [0.1, 0.15) is 25.3 Å². The molecule has 1 heterocycles. The Balaban J connectivity index is 2.46. The number of ketones is 1. The van der Waals surface area contributed by atoms with Gasteiger partial charge >= 0.3 is 0 Å². The molecule has 94 valence electrons. The zero-order valence-electron chi connectivity index (χ0n) is 9.88. The topological polar surface area (TPSA) is 73.1 Å². The van der Waals surface area contributed by atoms with E-state index in [0.717, 1.165) is 11.1 Å². The maximum absolute atomic E-state index is 11.6. The second-order valence-corrected chi connectivity index (χ2v) is 4.88. The normalized spacial score (nSPS) is 10.7. The summed E-state index contributed by atoms with van der Waals surface area (Å²) in [5, 5.41) is 11.1. The van der Waals surface area contributed by atoms with E-state index in [4.69, 9.17) is 0 Å². The molecule has 0 bridgehead atoms. The van der Waals surface area contributed by atoms with Crippen molar-refractivity contribution in [3.63, 3.8) is 0 Å². The summed E-state index contributed by atoms with van der Waals surface area (Å²) in [5.41, 5.74) is 2.39. The molecule has 0 unspecified atom stereocenters. The van der Waals surface area contributed by atoms with E-state index in [-0.39, 0.29) is 17.9 Å². The minimum absolute atomic E-state index is 0.0233. The van der Waals surface area contributed by atoms with Crippen LogP contribution in [0.3, 0.4) is 0 Å². The number of carbonyl (C=O) groups excluding carboxylic acids is 1. The van der Waals surface area contributed by atoms with Crippen LogP contribution >= 0.6 is 11.3 Å². The van der Waals surface area contributed by atoms with Gasteiger partial charge in [-0.3, -0.25) is 14.9 Å². The lowest BCUT2D eigenvalue weighted by molar-refractivity contribution is -0.383. The van der Waals surface area contributed by atoms with E-state index in [1.54, 1.807) is 17.6 Å². The Bertz CT molecular complexity index is 606. The van der Waals surface area contributed by atoms with Gasteiger partial charge < -0.3 is 0 Å². The van der Waals surface area contributed by atoms with Crippen LogP contribution in [0.2, 0.25) is 0 Å². The molecule has 1 aromatic carbocycles. The van der Waals surface area contributed by atoms with Crippen LogP contribution in [0.5, 0.6) is 0 Å². The molecule has 0 saturated carbocycles. The molecule has 6 heteroatoms. The molecule has 0 radical (unpaired) electrons. The van der Waals surface area contributed by atoms with Crippen LogP contribution in [0.25, 0.3) is 10.2 Å². The summed E-state index contributed by atoms with van der Waals surface area (Å²) in [6.45, 7) is 1.91. The molecule has 2 aromatic rings. The van der Waals surface area contributed by atoms with Crippen LogP contribution in [0.4, 0.5) is 5.69 Å². The summed E-state index contributed by atoms with van der Waals surface area (Å²) in [7, 11) is 0. The van der Waals surface area contributed by atoms with Gasteiger partial charge in [-0.05, 0) is 12.5 Å². The standard InChI is InChI=1S/C12H12N2O3S/c1-2-3-9(15)6-8-4-5-10-11(13-7-18-10)12(8)14(16)17/h4-5,7H,2-3,6H2,1H3. The number of hydrogen-bond acceptors (Lipinski definition) is 5. The van der Waals surface area contributed by atoms with Crippen LogP contribution in [-0.2, 0) is 11.2 Å². The van der Waals surface area contributed by atoms with Crippen molar-refractivity contribution in [2.45, 2.75) is 26.2 Å². The van der Waals surface area contributed by atoms with E-state index >= 15 is 0 Å². The molecule has 0 spiro atoms. The van der Waals surface area contributed by atoms with E-state index < -0.39 is 4.92 Å². The van der Waals surface area contributed by atoms with Gasteiger partial charge in [0.1, 0.15) is 5.78 Å². The average molecular weight is 264 g/mol. The second kappa shape index (κ2) is 5.22. The maximum atomic E-state index is 11.6. The molecule has 0 aliphatic carbocycles. The van der Waals surface area contributed by atoms with E-state index in [2.05, 4.69) is 4.98 Å². The summed E-state index contributed by atoms with van der Waals surface area (Å²) < 4.78 is 0.772. The van der Waals surface area contributed by atoms with Crippen molar-refractivity contribution >= 4 is 33.0 Å². The minimum atomic E-state index is -0.448. The van der Waals surface area contributed by atoms with Gasteiger partial charge in [-0.25, -0.2) is 4.98 Å². The summed E-state index contributed by atoms with van der Waals surface area (Å²) in [6, 6.07) is 3.45. The Morgan fingerprint density at radius 3 is 2.94 bits per heavy atom. The molecule has 0 aliphatic rings. The smallest absolute Gasteiger partial charge is 0.299 e. The van der Waals surface area contributed by atoms with Gasteiger partial charge in [0.15, 0.2) is 5.52 Å². The first-order chi connectivity index (χ1) is 8.63. The van der Waals surface area contributed by atoms with Gasteiger partial charge in [-0.1, -0.05) is 13.0 Å². The van der Waals surface area contributed by atoms with Crippen LogP contribution < -0.4 is 0 Å². The minimum Gasteiger partial charge on any atom is -0.299 e.